The Balaban J connectivity index is 1.62. The van der Waals surface area contributed by atoms with Crippen LogP contribution in [0.1, 0.15) is 36.5 Å². The number of primary amides is 1. The van der Waals surface area contributed by atoms with Gasteiger partial charge in [-0.1, -0.05) is 6.92 Å². The number of fused-ring (bicyclic) bond motifs is 1. The molecule has 2 amide bonds. The minimum Gasteiger partial charge on any atom is -0.379 e. The fraction of sp³-hybridized carbons (Fsp3) is 0.455. The molecule has 4 heterocycles. The van der Waals surface area contributed by atoms with Crippen LogP contribution in [-0.2, 0) is 11.8 Å². The van der Waals surface area contributed by atoms with Crippen LogP contribution in [0.3, 0.4) is 0 Å². The molecule has 1 aliphatic rings. The van der Waals surface area contributed by atoms with Gasteiger partial charge >= 0.3 is 6.18 Å². The second kappa shape index (κ2) is 8.99. The molecule has 3 N–H and O–H groups in total. The maximum absolute atomic E-state index is 12.7. The van der Waals surface area contributed by atoms with Gasteiger partial charge in [-0.3, -0.25) is 14.3 Å². The molecule has 182 valence electrons. The molecule has 0 aliphatic carbocycles. The molecule has 0 saturated carbocycles. The lowest BCUT2D eigenvalue weighted by Gasteiger charge is -2.39. The van der Waals surface area contributed by atoms with Gasteiger partial charge in [0.05, 0.1) is 29.2 Å². The van der Waals surface area contributed by atoms with Gasteiger partial charge in [-0.25, -0.2) is 4.52 Å². The molecule has 0 spiro atoms. The summed E-state index contributed by atoms with van der Waals surface area (Å²) >= 11 is 0. The summed E-state index contributed by atoms with van der Waals surface area (Å²) < 4.78 is 41.4. The SMILES string of the molecule is CC[C@H]1CN(C(=O)CC(F)(F)F)CC[C@H]1Nc1c(C(N)=O)cnn2cc(-c3cnn(C)c3)cc12. The van der Waals surface area contributed by atoms with Crippen molar-refractivity contribution in [2.24, 2.45) is 18.7 Å². The highest BCUT2D eigenvalue weighted by atomic mass is 19.4. The van der Waals surface area contributed by atoms with Crippen molar-refractivity contribution in [2.75, 3.05) is 18.4 Å². The Morgan fingerprint density at radius 2 is 1.97 bits per heavy atom. The third kappa shape index (κ3) is 4.85. The highest BCUT2D eigenvalue weighted by Crippen LogP contribution is 2.32. The Kier molecular flexibility index (Phi) is 6.24. The van der Waals surface area contributed by atoms with Gasteiger partial charge in [-0.2, -0.15) is 23.4 Å². The van der Waals surface area contributed by atoms with Crippen LogP contribution in [0.4, 0.5) is 18.9 Å². The van der Waals surface area contributed by atoms with E-state index in [1.54, 1.807) is 15.4 Å². The average molecular weight is 477 g/mol. The number of carbonyl (C=O) groups excluding carboxylic acids is 2. The fourth-order valence-corrected chi connectivity index (χ4v) is 4.45. The summed E-state index contributed by atoms with van der Waals surface area (Å²) in [4.78, 5) is 25.5. The molecular weight excluding hydrogens is 451 g/mol. The van der Waals surface area contributed by atoms with E-state index in [1.807, 2.05) is 32.4 Å². The number of carbonyl (C=O) groups is 2. The van der Waals surface area contributed by atoms with E-state index in [-0.39, 0.29) is 30.6 Å². The second-order valence-electron chi connectivity index (χ2n) is 8.60. The summed E-state index contributed by atoms with van der Waals surface area (Å²) in [6.07, 6.45) is 1.88. The summed E-state index contributed by atoms with van der Waals surface area (Å²) in [6.45, 7) is 2.32. The van der Waals surface area contributed by atoms with Crippen molar-refractivity contribution in [1.29, 1.82) is 0 Å². The smallest absolute Gasteiger partial charge is 0.379 e. The quantitative estimate of drug-likeness (QED) is 0.567. The molecule has 9 nitrogen and oxygen atoms in total. The number of rotatable bonds is 6. The number of hydrogen-bond acceptors (Lipinski definition) is 5. The number of aromatic nitrogens is 4. The van der Waals surface area contributed by atoms with Crippen LogP contribution < -0.4 is 11.1 Å². The van der Waals surface area contributed by atoms with Crippen molar-refractivity contribution in [3.8, 4) is 11.1 Å². The first kappa shape index (κ1) is 23.6. The van der Waals surface area contributed by atoms with Crippen molar-refractivity contribution >= 4 is 23.0 Å². The Morgan fingerprint density at radius 1 is 1.21 bits per heavy atom. The molecule has 3 aromatic rings. The average Bonchev–Trinajstić information content (AvgIpc) is 3.39. The van der Waals surface area contributed by atoms with Crippen molar-refractivity contribution in [3.63, 3.8) is 0 Å². The van der Waals surface area contributed by atoms with Crippen LogP contribution >= 0.6 is 0 Å². The lowest BCUT2D eigenvalue weighted by atomic mass is 9.89. The highest BCUT2D eigenvalue weighted by molar-refractivity contribution is 6.02. The van der Waals surface area contributed by atoms with Crippen molar-refractivity contribution < 1.29 is 22.8 Å². The number of nitrogens with zero attached hydrogens (tertiary/aromatic N) is 5. The number of aryl methyl sites for hydroxylation is 1. The third-order valence-corrected chi connectivity index (χ3v) is 6.23. The van der Waals surface area contributed by atoms with Gasteiger partial charge in [0, 0.05) is 49.7 Å². The second-order valence-corrected chi connectivity index (χ2v) is 8.60. The van der Waals surface area contributed by atoms with Crippen molar-refractivity contribution in [3.05, 3.63) is 36.4 Å². The normalized spacial score (nSPS) is 18.9. The molecule has 0 unspecified atom stereocenters. The predicted octanol–water partition coefficient (Wildman–Crippen LogP) is 2.83. The standard InChI is InChI=1S/C22H26F3N7O2/c1-3-13-11-31(19(33)7-22(23,24)25)5-4-17(13)29-20-16(21(26)34)9-28-32-12-14(6-18(20)32)15-8-27-30(2)10-15/h6,8-10,12-13,17,29H,3-5,7,11H2,1-2H3,(H2,26,34)/t13-,17+/m0/s1. The third-order valence-electron chi connectivity index (χ3n) is 6.23. The van der Waals surface area contributed by atoms with Crippen molar-refractivity contribution in [1.82, 2.24) is 24.3 Å². The summed E-state index contributed by atoms with van der Waals surface area (Å²) in [5, 5.41) is 11.9. The summed E-state index contributed by atoms with van der Waals surface area (Å²) in [5.74, 6) is -1.67. The van der Waals surface area contributed by atoms with E-state index >= 15 is 0 Å². The van der Waals surface area contributed by atoms with E-state index in [9.17, 15) is 22.8 Å². The molecule has 0 bridgehead atoms. The monoisotopic (exact) mass is 477 g/mol. The number of likely N-dealkylation sites (tertiary alicyclic amines) is 1. The maximum Gasteiger partial charge on any atom is 0.397 e. The number of halogens is 3. The number of amides is 2. The van der Waals surface area contributed by atoms with Gasteiger partial charge < -0.3 is 16.0 Å². The van der Waals surface area contributed by atoms with Crippen LogP contribution in [0.5, 0.6) is 0 Å². The molecule has 12 heteroatoms. The molecule has 1 aliphatic heterocycles. The van der Waals surface area contributed by atoms with Gasteiger partial charge in [0.25, 0.3) is 5.91 Å². The van der Waals surface area contributed by atoms with E-state index in [2.05, 4.69) is 15.5 Å². The minimum absolute atomic E-state index is 0.104. The zero-order valence-corrected chi connectivity index (χ0v) is 18.8. The van der Waals surface area contributed by atoms with Crippen LogP contribution in [0, 0.1) is 5.92 Å². The summed E-state index contributed by atoms with van der Waals surface area (Å²) in [5.41, 5.74) is 8.71. The number of alkyl halides is 3. The van der Waals surface area contributed by atoms with E-state index < -0.39 is 24.4 Å². The lowest BCUT2D eigenvalue weighted by molar-refractivity contribution is -0.162. The van der Waals surface area contributed by atoms with Crippen LogP contribution in [0.15, 0.2) is 30.9 Å². The van der Waals surface area contributed by atoms with E-state index in [0.717, 1.165) is 11.1 Å². The maximum atomic E-state index is 12.7. The van der Waals surface area contributed by atoms with Crippen LogP contribution in [0.25, 0.3) is 16.6 Å². The zero-order chi connectivity index (χ0) is 24.6. The molecule has 34 heavy (non-hydrogen) atoms. The van der Waals surface area contributed by atoms with Crippen LogP contribution in [-0.4, -0.2) is 61.4 Å². The lowest BCUT2D eigenvalue weighted by Crippen LogP contribution is -2.49. The minimum atomic E-state index is -4.53. The molecule has 4 rings (SSSR count). The Bertz CT molecular complexity index is 1220. The molecule has 1 fully saturated rings. The van der Waals surface area contributed by atoms with Gasteiger partial charge in [0.2, 0.25) is 5.91 Å². The molecule has 0 aromatic carbocycles. The molecule has 0 radical (unpaired) electrons. The Hall–Kier alpha value is -3.57. The van der Waals surface area contributed by atoms with Gasteiger partial charge in [0.1, 0.15) is 6.42 Å². The number of hydrogen-bond donors (Lipinski definition) is 2. The number of piperidine rings is 1. The fourth-order valence-electron chi connectivity index (χ4n) is 4.45. The van der Waals surface area contributed by atoms with Gasteiger partial charge in [-0.15, -0.1) is 0 Å². The number of nitrogens with one attached hydrogen (secondary N) is 1. The van der Waals surface area contributed by atoms with E-state index in [1.165, 1.54) is 11.1 Å². The Morgan fingerprint density at radius 3 is 2.59 bits per heavy atom. The Labute approximate surface area is 193 Å². The highest BCUT2D eigenvalue weighted by Gasteiger charge is 2.37. The first-order valence-electron chi connectivity index (χ1n) is 11.0. The topological polar surface area (TPSA) is 111 Å². The molecular formula is C22H26F3N7O2. The number of anilines is 1. The molecule has 1 saturated heterocycles. The first-order valence-corrected chi connectivity index (χ1v) is 11.0. The zero-order valence-electron chi connectivity index (χ0n) is 18.8. The van der Waals surface area contributed by atoms with Crippen molar-refractivity contribution in [2.45, 2.75) is 38.4 Å². The van der Waals surface area contributed by atoms with Gasteiger partial charge in [0.15, 0.2) is 0 Å². The van der Waals surface area contributed by atoms with E-state index in [4.69, 9.17) is 5.73 Å². The molecule has 2 atom stereocenters. The summed E-state index contributed by atoms with van der Waals surface area (Å²) in [7, 11) is 1.81. The summed E-state index contributed by atoms with van der Waals surface area (Å²) in [6, 6.07) is 1.71. The van der Waals surface area contributed by atoms with Gasteiger partial charge in [-0.05, 0) is 24.8 Å². The largest absolute Gasteiger partial charge is 0.397 e. The molecule has 3 aromatic heterocycles. The predicted molar refractivity (Wildman–Crippen MR) is 119 cm³/mol. The van der Waals surface area contributed by atoms with Crippen LogP contribution in [0.2, 0.25) is 0 Å². The first-order chi connectivity index (χ1) is 16.1. The van der Waals surface area contributed by atoms with E-state index in [0.29, 0.717) is 24.0 Å². The number of nitrogens with two attached hydrogens (primary N) is 1.